The highest BCUT2D eigenvalue weighted by Gasteiger charge is 2.47. The second-order valence-electron chi connectivity index (χ2n) is 8.74. The molecule has 0 saturated carbocycles. The summed E-state index contributed by atoms with van der Waals surface area (Å²) >= 11 is 0. The van der Waals surface area contributed by atoms with Gasteiger partial charge in [-0.15, -0.1) is 0 Å². The van der Waals surface area contributed by atoms with Crippen LogP contribution in [0, 0.1) is 19.7 Å². The van der Waals surface area contributed by atoms with Gasteiger partial charge in [-0.3, -0.25) is 14.5 Å². The third-order valence-corrected chi connectivity index (χ3v) is 6.49. The van der Waals surface area contributed by atoms with Crippen LogP contribution in [0.1, 0.15) is 42.1 Å². The molecule has 6 heteroatoms. The Morgan fingerprint density at radius 2 is 1.66 bits per heavy atom. The van der Waals surface area contributed by atoms with Crippen LogP contribution in [0.25, 0.3) is 5.76 Å². The molecule has 1 saturated heterocycles. The van der Waals surface area contributed by atoms with Gasteiger partial charge in [0.1, 0.15) is 11.6 Å². The summed E-state index contributed by atoms with van der Waals surface area (Å²) in [6.07, 6.45) is 0. The second-order valence-corrected chi connectivity index (χ2v) is 8.74. The summed E-state index contributed by atoms with van der Waals surface area (Å²) in [5, 5.41) is 11.2. The van der Waals surface area contributed by atoms with Crippen LogP contribution in [0.15, 0.2) is 72.3 Å². The Bertz CT molecular complexity index is 1310. The summed E-state index contributed by atoms with van der Waals surface area (Å²) in [4.78, 5) is 30.3. The number of aliphatic hydroxyl groups excluding tert-OH is 1. The van der Waals surface area contributed by atoms with E-state index in [-0.39, 0.29) is 16.9 Å². The minimum atomic E-state index is -0.820. The van der Waals surface area contributed by atoms with Crippen molar-refractivity contribution in [3.63, 3.8) is 0 Å². The highest BCUT2D eigenvalue weighted by Crippen LogP contribution is 2.42. The Labute approximate surface area is 205 Å². The van der Waals surface area contributed by atoms with Crippen LogP contribution in [-0.2, 0) is 9.59 Å². The van der Waals surface area contributed by atoms with Gasteiger partial charge >= 0.3 is 0 Å². The van der Waals surface area contributed by atoms with E-state index in [0.29, 0.717) is 16.8 Å². The van der Waals surface area contributed by atoms with Crippen LogP contribution in [0.4, 0.5) is 15.8 Å². The van der Waals surface area contributed by atoms with Gasteiger partial charge in [-0.25, -0.2) is 4.39 Å². The number of nitrogens with zero attached hydrogens (tertiary/aromatic N) is 2. The van der Waals surface area contributed by atoms with E-state index in [2.05, 4.69) is 18.7 Å². The third-order valence-electron chi connectivity index (χ3n) is 6.49. The molecule has 1 heterocycles. The number of carbonyl (C=O) groups is 2. The number of benzene rings is 3. The van der Waals surface area contributed by atoms with Crippen molar-refractivity contribution < 1.29 is 19.1 Å². The van der Waals surface area contributed by atoms with Crippen LogP contribution < -0.4 is 9.80 Å². The van der Waals surface area contributed by atoms with E-state index in [4.69, 9.17) is 0 Å². The van der Waals surface area contributed by atoms with E-state index in [0.717, 1.165) is 24.3 Å². The molecule has 0 bridgehead atoms. The fourth-order valence-corrected chi connectivity index (χ4v) is 4.61. The summed E-state index contributed by atoms with van der Waals surface area (Å²) in [7, 11) is 0. The van der Waals surface area contributed by atoms with E-state index in [9.17, 15) is 19.1 Å². The van der Waals surface area contributed by atoms with Crippen molar-refractivity contribution in [2.75, 3.05) is 22.9 Å². The molecule has 1 fully saturated rings. The number of aliphatic hydroxyl groups is 1. The number of aryl methyl sites for hydroxylation is 2. The molecule has 0 aromatic heterocycles. The number of ketones is 1. The number of halogens is 1. The van der Waals surface area contributed by atoms with Crippen molar-refractivity contribution in [2.24, 2.45) is 0 Å². The first kappa shape index (κ1) is 24.2. The predicted octanol–water partition coefficient (Wildman–Crippen LogP) is 5.92. The normalized spacial score (nSPS) is 17.2. The van der Waals surface area contributed by atoms with Gasteiger partial charge in [0, 0.05) is 30.0 Å². The molecular weight excluding hydrogens is 443 g/mol. The number of anilines is 2. The number of hydrogen-bond acceptors (Lipinski definition) is 4. The zero-order valence-corrected chi connectivity index (χ0v) is 20.4. The van der Waals surface area contributed by atoms with Gasteiger partial charge < -0.3 is 10.0 Å². The molecule has 0 radical (unpaired) electrons. The SMILES string of the molecule is CCN(CC)c1ccc(N2C(=O)C(=O)/C(=C(\O)c3ccc(F)c(C)c3)C2c2cccc(C)c2)cc1. The summed E-state index contributed by atoms with van der Waals surface area (Å²) in [5.41, 5.74) is 3.85. The maximum atomic E-state index is 13.9. The lowest BCUT2D eigenvalue weighted by atomic mass is 9.94. The minimum absolute atomic E-state index is 0.0144. The number of carbonyl (C=O) groups excluding carboxylic acids is 2. The predicted molar refractivity (Wildman–Crippen MR) is 137 cm³/mol. The van der Waals surface area contributed by atoms with Crippen LogP contribution in [-0.4, -0.2) is 29.9 Å². The first-order chi connectivity index (χ1) is 16.8. The highest BCUT2D eigenvalue weighted by molar-refractivity contribution is 6.51. The lowest BCUT2D eigenvalue weighted by molar-refractivity contribution is -0.132. The summed E-state index contributed by atoms with van der Waals surface area (Å²) in [6, 6.07) is 18.3. The molecule has 3 aromatic carbocycles. The van der Waals surface area contributed by atoms with Gasteiger partial charge in [0.25, 0.3) is 11.7 Å². The van der Waals surface area contributed by atoms with Crippen molar-refractivity contribution in [1.82, 2.24) is 0 Å². The van der Waals surface area contributed by atoms with E-state index >= 15 is 0 Å². The molecule has 1 unspecified atom stereocenters. The van der Waals surface area contributed by atoms with Gasteiger partial charge in [0.15, 0.2) is 0 Å². The van der Waals surface area contributed by atoms with Gasteiger partial charge in [0.2, 0.25) is 0 Å². The average Bonchev–Trinajstić information content (AvgIpc) is 3.12. The van der Waals surface area contributed by atoms with Crippen LogP contribution >= 0.6 is 0 Å². The molecule has 1 N–H and O–H groups in total. The van der Waals surface area contributed by atoms with E-state index < -0.39 is 23.5 Å². The number of amides is 1. The first-order valence-corrected chi connectivity index (χ1v) is 11.8. The number of hydrogen-bond donors (Lipinski definition) is 1. The Morgan fingerprint density at radius 1 is 0.971 bits per heavy atom. The van der Waals surface area contributed by atoms with Gasteiger partial charge in [0.05, 0.1) is 11.6 Å². The highest BCUT2D eigenvalue weighted by atomic mass is 19.1. The van der Waals surface area contributed by atoms with E-state index in [1.54, 1.807) is 6.92 Å². The third kappa shape index (κ3) is 4.44. The molecule has 1 aliphatic rings. The zero-order valence-electron chi connectivity index (χ0n) is 20.4. The molecule has 180 valence electrons. The standard InChI is InChI=1S/C29H29FN2O3/c1-5-31(6-2)22-11-13-23(14-12-22)32-26(20-9-7-8-18(3)16-20)25(28(34)29(32)35)27(33)21-10-15-24(30)19(4)17-21/h7-17,26,33H,5-6H2,1-4H3/b27-25-. The van der Waals surface area contributed by atoms with Crippen LogP contribution in [0.3, 0.4) is 0 Å². The Morgan fingerprint density at radius 3 is 2.26 bits per heavy atom. The topological polar surface area (TPSA) is 60.9 Å². The second kappa shape index (κ2) is 9.74. The van der Waals surface area contributed by atoms with Gasteiger partial charge in [-0.2, -0.15) is 0 Å². The van der Waals surface area contributed by atoms with Crippen LogP contribution in [0.5, 0.6) is 0 Å². The first-order valence-electron chi connectivity index (χ1n) is 11.8. The summed E-state index contributed by atoms with van der Waals surface area (Å²) in [6.45, 7) is 9.36. The average molecular weight is 473 g/mol. The van der Waals surface area contributed by atoms with Crippen molar-refractivity contribution in [3.8, 4) is 0 Å². The van der Waals surface area contributed by atoms with Crippen molar-refractivity contribution in [1.29, 1.82) is 0 Å². The molecule has 0 aliphatic carbocycles. The summed E-state index contributed by atoms with van der Waals surface area (Å²) < 4.78 is 13.9. The van der Waals surface area contributed by atoms with Crippen molar-refractivity contribution in [3.05, 3.63) is 100 Å². The van der Waals surface area contributed by atoms with Crippen LogP contribution in [0.2, 0.25) is 0 Å². The monoisotopic (exact) mass is 472 g/mol. The number of Topliss-reactive ketones (excluding diaryl/α,β-unsaturated/α-hetero) is 1. The Kier molecular flexibility index (Phi) is 6.74. The fraction of sp³-hybridized carbons (Fsp3) is 0.241. The molecule has 4 rings (SSSR count). The van der Waals surface area contributed by atoms with Crippen molar-refractivity contribution in [2.45, 2.75) is 33.7 Å². The Hall–Kier alpha value is -3.93. The maximum Gasteiger partial charge on any atom is 0.300 e. The fourth-order valence-electron chi connectivity index (χ4n) is 4.61. The molecule has 1 aliphatic heterocycles. The Balaban J connectivity index is 1.89. The summed E-state index contributed by atoms with van der Waals surface area (Å²) in [5.74, 6) is -2.22. The largest absolute Gasteiger partial charge is 0.507 e. The molecule has 1 amide bonds. The van der Waals surface area contributed by atoms with Gasteiger partial charge in [-0.05, 0) is 81.3 Å². The zero-order chi connectivity index (χ0) is 25.3. The molecular formula is C29H29FN2O3. The molecule has 1 atom stereocenters. The molecule has 0 spiro atoms. The molecule has 3 aromatic rings. The maximum absolute atomic E-state index is 13.9. The van der Waals surface area contributed by atoms with Gasteiger partial charge in [-0.1, -0.05) is 29.8 Å². The lowest BCUT2D eigenvalue weighted by Crippen LogP contribution is -2.29. The molecule has 35 heavy (non-hydrogen) atoms. The van der Waals surface area contributed by atoms with Crippen molar-refractivity contribution >= 4 is 28.8 Å². The minimum Gasteiger partial charge on any atom is -0.507 e. The lowest BCUT2D eigenvalue weighted by Gasteiger charge is -2.27. The van der Waals surface area contributed by atoms with E-state index in [1.807, 2.05) is 55.5 Å². The smallest absolute Gasteiger partial charge is 0.300 e. The number of rotatable bonds is 6. The van der Waals surface area contributed by atoms with E-state index in [1.165, 1.54) is 23.1 Å². The quantitative estimate of drug-likeness (QED) is 0.275. The molecule has 5 nitrogen and oxygen atoms in total.